The van der Waals surface area contributed by atoms with Crippen LogP contribution < -0.4 is 10.1 Å². The third-order valence-electron chi connectivity index (χ3n) is 5.67. The van der Waals surface area contributed by atoms with Crippen molar-refractivity contribution in [3.05, 3.63) is 29.8 Å². The van der Waals surface area contributed by atoms with Gasteiger partial charge in [0.1, 0.15) is 5.75 Å². The van der Waals surface area contributed by atoms with Crippen molar-refractivity contribution in [3.8, 4) is 5.75 Å². The zero-order valence-electron chi connectivity index (χ0n) is 16.9. The topological polar surface area (TPSA) is 71.1 Å². The van der Waals surface area contributed by atoms with Crippen LogP contribution in [0.3, 0.4) is 0 Å². The number of nitrogens with one attached hydrogen (secondary N) is 1. The highest BCUT2D eigenvalue weighted by molar-refractivity contribution is 5.85. The Hall–Kier alpha value is -2.12. The average molecular weight is 389 g/mol. The summed E-state index contributed by atoms with van der Waals surface area (Å²) in [6, 6.07) is 7.37. The van der Waals surface area contributed by atoms with Gasteiger partial charge in [0.25, 0.3) is 0 Å². The molecule has 0 unspecified atom stereocenters. The van der Waals surface area contributed by atoms with Crippen LogP contribution in [-0.2, 0) is 14.3 Å². The summed E-state index contributed by atoms with van der Waals surface area (Å²) in [7, 11) is 1.62. The molecule has 154 valence electrons. The Morgan fingerprint density at radius 1 is 1.29 bits per heavy atom. The fourth-order valence-corrected chi connectivity index (χ4v) is 4.19. The number of likely N-dealkylation sites (tertiary alicyclic amines) is 1. The number of hydrogen-bond donors (Lipinski definition) is 1. The predicted molar refractivity (Wildman–Crippen MR) is 106 cm³/mol. The summed E-state index contributed by atoms with van der Waals surface area (Å²) in [4.78, 5) is 29.7. The number of rotatable bonds is 7. The van der Waals surface area contributed by atoms with Gasteiger partial charge in [-0.1, -0.05) is 18.2 Å². The van der Waals surface area contributed by atoms with Crippen LogP contribution in [0.4, 0.5) is 0 Å². The van der Waals surface area contributed by atoms with Crippen LogP contribution in [0, 0.1) is 5.92 Å². The summed E-state index contributed by atoms with van der Waals surface area (Å²) in [5, 5.41) is 3.10. The quantitative estimate of drug-likeness (QED) is 0.764. The maximum atomic E-state index is 13.1. The lowest BCUT2D eigenvalue weighted by Gasteiger charge is -2.40. The Bertz CT molecular complexity index is 675. The largest absolute Gasteiger partial charge is 0.496 e. The molecule has 1 aromatic carbocycles. The van der Waals surface area contributed by atoms with Gasteiger partial charge in [-0.2, -0.15) is 0 Å². The maximum Gasteiger partial charge on any atom is 0.225 e. The van der Waals surface area contributed by atoms with Crippen LogP contribution in [-0.4, -0.2) is 74.7 Å². The van der Waals surface area contributed by atoms with E-state index in [4.69, 9.17) is 9.47 Å². The molecule has 2 heterocycles. The molecule has 0 spiro atoms. The van der Waals surface area contributed by atoms with E-state index in [2.05, 4.69) is 10.2 Å². The van der Waals surface area contributed by atoms with E-state index in [9.17, 15) is 9.59 Å². The summed E-state index contributed by atoms with van der Waals surface area (Å²) in [5.41, 5.74) is 0.897. The van der Waals surface area contributed by atoms with Gasteiger partial charge in [-0.25, -0.2) is 0 Å². The Morgan fingerprint density at radius 2 is 2.04 bits per heavy atom. The average Bonchev–Trinajstić information content (AvgIpc) is 2.74. The zero-order chi connectivity index (χ0) is 19.9. The molecule has 0 aliphatic carbocycles. The van der Waals surface area contributed by atoms with Gasteiger partial charge in [0, 0.05) is 44.7 Å². The van der Waals surface area contributed by atoms with E-state index in [1.807, 2.05) is 36.1 Å². The van der Waals surface area contributed by atoms with E-state index in [0.29, 0.717) is 31.7 Å². The first-order chi connectivity index (χ1) is 13.7. The lowest BCUT2D eigenvalue weighted by Crippen LogP contribution is -2.49. The number of nitrogens with zero attached hydrogens (tertiary/aromatic N) is 2. The fourth-order valence-electron chi connectivity index (χ4n) is 4.19. The Morgan fingerprint density at radius 3 is 2.75 bits per heavy atom. The first kappa shape index (κ1) is 20.6. The number of ether oxygens (including phenoxy) is 2. The minimum atomic E-state index is -0.300. The standard InChI is InChI=1S/C21H31N3O4/c1-3-24-19(25)9-8-17(20(24)16-6-4-5-7-18(16)27-2)21(26)22-10-11-23-12-14-28-15-13-23/h4-7,17,20H,3,8-15H2,1-2H3,(H,22,26)/t17-,20+/m1/s1. The lowest BCUT2D eigenvalue weighted by atomic mass is 9.83. The van der Waals surface area contributed by atoms with E-state index in [1.165, 1.54) is 0 Å². The summed E-state index contributed by atoms with van der Waals surface area (Å²) in [5.74, 6) is 0.538. The van der Waals surface area contributed by atoms with Crippen LogP contribution in [0.5, 0.6) is 5.75 Å². The molecule has 1 aromatic rings. The minimum absolute atomic E-state index is 0.00937. The summed E-state index contributed by atoms with van der Waals surface area (Å²) in [6.45, 7) is 7.26. The van der Waals surface area contributed by atoms with Crippen molar-refractivity contribution in [1.29, 1.82) is 0 Å². The summed E-state index contributed by atoms with van der Waals surface area (Å²) < 4.78 is 10.9. The van der Waals surface area contributed by atoms with Crippen LogP contribution in [0.2, 0.25) is 0 Å². The molecule has 0 radical (unpaired) electrons. The molecule has 1 N–H and O–H groups in total. The monoisotopic (exact) mass is 389 g/mol. The molecule has 2 fully saturated rings. The molecule has 28 heavy (non-hydrogen) atoms. The SMILES string of the molecule is CCN1C(=O)CC[C@@H](C(=O)NCCN2CCOCC2)[C@@H]1c1ccccc1OC. The van der Waals surface area contributed by atoms with E-state index < -0.39 is 0 Å². The number of hydrogen-bond acceptors (Lipinski definition) is 5. The number of para-hydroxylation sites is 1. The maximum absolute atomic E-state index is 13.1. The zero-order valence-corrected chi connectivity index (χ0v) is 16.9. The molecular formula is C21H31N3O4. The molecule has 0 aromatic heterocycles. The summed E-state index contributed by atoms with van der Waals surface area (Å²) in [6.07, 6.45) is 0.961. The Labute approximate surface area is 167 Å². The molecular weight excluding hydrogens is 358 g/mol. The second kappa shape index (κ2) is 9.89. The third kappa shape index (κ3) is 4.64. The van der Waals surface area contributed by atoms with Crippen molar-refractivity contribution in [3.63, 3.8) is 0 Å². The molecule has 2 aliphatic rings. The van der Waals surface area contributed by atoms with Crippen molar-refractivity contribution in [1.82, 2.24) is 15.1 Å². The number of piperidine rings is 1. The number of amides is 2. The molecule has 7 heteroatoms. The Kier molecular flexibility index (Phi) is 7.28. The van der Waals surface area contributed by atoms with Crippen LogP contribution >= 0.6 is 0 Å². The van der Waals surface area contributed by atoms with Gasteiger partial charge in [-0.15, -0.1) is 0 Å². The van der Waals surface area contributed by atoms with Crippen molar-refractivity contribution in [2.75, 3.05) is 53.0 Å². The van der Waals surface area contributed by atoms with Gasteiger partial charge in [0.05, 0.1) is 32.3 Å². The van der Waals surface area contributed by atoms with Gasteiger partial charge in [0.15, 0.2) is 0 Å². The minimum Gasteiger partial charge on any atom is -0.496 e. The van der Waals surface area contributed by atoms with E-state index in [0.717, 1.165) is 38.4 Å². The van der Waals surface area contributed by atoms with E-state index in [-0.39, 0.29) is 23.8 Å². The van der Waals surface area contributed by atoms with Gasteiger partial charge in [0.2, 0.25) is 11.8 Å². The van der Waals surface area contributed by atoms with Gasteiger partial charge in [-0.05, 0) is 19.4 Å². The highest BCUT2D eigenvalue weighted by Crippen LogP contribution is 2.40. The van der Waals surface area contributed by atoms with Crippen molar-refractivity contribution >= 4 is 11.8 Å². The highest BCUT2D eigenvalue weighted by Gasteiger charge is 2.41. The molecule has 3 rings (SSSR count). The smallest absolute Gasteiger partial charge is 0.225 e. The highest BCUT2D eigenvalue weighted by atomic mass is 16.5. The number of morpholine rings is 1. The van der Waals surface area contributed by atoms with Crippen molar-refractivity contribution in [2.24, 2.45) is 5.92 Å². The van der Waals surface area contributed by atoms with E-state index in [1.54, 1.807) is 7.11 Å². The number of benzene rings is 1. The molecule has 2 aliphatic heterocycles. The van der Waals surface area contributed by atoms with Crippen LogP contribution in [0.25, 0.3) is 0 Å². The molecule has 2 saturated heterocycles. The molecule has 2 amide bonds. The second-order valence-corrected chi connectivity index (χ2v) is 7.26. The number of carbonyl (C=O) groups excluding carboxylic acids is 2. The van der Waals surface area contributed by atoms with Gasteiger partial charge < -0.3 is 19.7 Å². The Balaban J connectivity index is 1.72. The van der Waals surface area contributed by atoms with Crippen molar-refractivity contribution in [2.45, 2.75) is 25.8 Å². The lowest BCUT2D eigenvalue weighted by molar-refractivity contribution is -0.143. The molecule has 7 nitrogen and oxygen atoms in total. The van der Waals surface area contributed by atoms with Gasteiger partial charge in [-0.3, -0.25) is 14.5 Å². The van der Waals surface area contributed by atoms with Crippen LogP contribution in [0.15, 0.2) is 24.3 Å². The van der Waals surface area contributed by atoms with E-state index >= 15 is 0 Å². The first-order valence-corrected chi connectivity index (χ1v) is 10.2. The molecule has 0 bridgehead atoms. The molecule has 0 saturated carbocycles. The fraction of sp³-hybridized carbons (Fsp3) is 0.619. The first-order valence-electron chi connectivity index (χ1n) is 10.2. The predicted octanol–water partition coefficient (Wildman–Crippen LogP) is 1.44. The normalized spacial score (nSPS) is 23.5. The summed E-state index contributed by atoms with van der Waals surface area (Å²) >= 11 is 0. The van der Waals surface area contributed by atoms with Crippen molar-refractivity contribution < 1.29 is 19.1 Å². The molecule has 2 atom stereocenters. The number of methoxy groups -OCH3 is 1. The van der Waals surface area contributed by atoms with Gasteiger partial charge >= 0.3 is 0 Å². The second-order valence-electron chi connectivity index (χ2n) is 7.26. The number of carbonyl (C=O) groups is 2. The third-order valence-corrected chi connectivity index (χ3v) is 5.67. The van der Waals surface area contributed by atoms with Crippen LogP contribution in [0.1, 0.15) is 31.4 Å².